The van der Waals surface area contributed by atoms with Crippen LogP contribution in [0.4, 0.5) is 5.69 Å². The summed E-state index contributed by atoms with van der Waals surface area (Å²) in [6.07, 6.45) is 0. The highest BCUT2D eigenvalue weighted by atomic mass is 15.0. The van der Waals surface area contributed by atoms with Gasteiger partial charge >= 0.3 is 0 Å². The summed E-state index contributed by atoms with van der Waals surface area (Å²) in [5, 5.41) is 19.5. The zero-order valence-corrected chi connectivity index (χ0v) is 56.1. The van der Waals surface area contributed by atoms with Crippen molar-refractivity contribution < 1.29 is 0 Å². The van der Waals surface area contributed by atoms with E-state index >= 15 is 0 Å². The van der Waals surface area contributed by atoms with Gasteiger partial charge in [0.1, 0.15) is 0 Å². The van der Waals surface area contributed by atoms with Crippen molar-refractivity contribution in [1.29, 1.82) is 5.26 Å². The van der Waals surface area contributed by atoms with Gasteiger partial charge in [0.05, 0.1) is 68.2 Å². The Kier molecular flexibility index (Phi) is 13.9. The van der Waals surface area contributed by atoms with Crippen molar-refractivity contribution >= 4 is 92.9 Å². The van der Waals surface area contributed by atoms with Gasteiger partial charge in [-0.05, 0) is 196 Å². The van der Waals surface area contributed by atoms with Gasteiger partial charge < -0.3 is 18.3 Å². The van der Waals surface area contributed by atoms with Crippen LogP contribution in [0.25, 0.3) is 193 Å². The molecule has 0 radical (unpaired) electrons. The SMILES string of the molecule is [C-]#[N+]c1cc(C#N)cc(-c2ccc(-c3nc(-c4cccc(-c5ccc(-n6c7ccccc7c7cc(-c8ccc9c(c8)c8ccccc8n9-c8ccccc8)ccc76)cc5)c4)cc(-c4cccc(-n5c6ccccc6c6cc(-c7ccc8c(c7)c7ccccc7n8-c7ccccc7)ccc65)c4)n3)cc2)c1. The fourth-order valence-corrected chi connectivity index (χ4v) is 15.9. The maximum absolute atomic E-state index is 9.87. The second-order valence-corrected chi connectivity index (χ2v) is 26.7. The van der Waals surface area contributed by atoms with E-state index < -0.39 is 0 Å². The average molecular weight is 1320 g/mol. The fourth-order valence-electron chi connectivity index (χ4n) is 15.9. The predicted octanol–water partition coefficient (Wildman–Crippen LogP) is 25.0. The summed E-state index contributed by atoms with van der Waals surface area (Å²) in [6.45, 7) is 7.74. The van der Waals surface area contributed by atoms with Crippen molar-refractivity contribution in [2.45, 2.75) is 0 Å². The molecule has 0 aliphatic rings. The molecule has 0 saturated carbocycles. The van der Waals surface area contributed by atoms with E-state index in [-0.39, 0.29) is 0 Å². The second kappa shape index (κ2) is 24.2. The van der Waals surface area contributed by atoms with E-state index in [1.54, 1.807) is 6.07 Å². The van der Waals surface area contributed by atoms with E-state index in [2.05, 4.69) is 339 Å². The molecule has 0 amide bonds. The van der Waals surface area contributed by atoms with E-state index in [4.69, 9.17) is 16.5 Å². The molecule has 5 heterocycles. The van der Waals surface area contributed by atoms with Gasteiger partial charge in [0, 0.05) is 88.1 Å². The quantitative estimate of drug-likeness (QED) is 0.121. The molecule has 0 fully saturated rings. The van der Waals surface area contributed by atoms with Gasteiger partial charge in [-0.3, -0.25) is 0 Å². The number of fused-ring (bicyclic) bond motifs is 12. The Morgan fingerprint density at radius 1 is 0.240 bits per heavy atom. The third kappa shape index (κ3) is 9.89. The van der Waals surface area contributed by atoms with E-state index in [1.807, 2.05) is 36.4 Å². The molecule has 8 nitrogen and oxygen atoms in total. The van der Waals surface area contributed by atoms with Crippen LogP contribution >= 0.6 is 0 Å². The molecule has 0 N–H and O–H groups in total. The predicted molar refractivity (Wildman–Crippen MR) is 428 cm³/mol. The summed E-state index contributed by atoms with van der Waals surface area (Å²) >= 11 is 0. The van der Waals surface area contributed by atoms with Gasteiger partial charge in [-0.2, -0.15) is 5.26 Å². The molecule has 20 rings (SSSR count). The molecule has 15 aromatic carbocycles. The van der Waals surface area contributed by atoms with Crippen molar-refractivity contribution in [3.8, 4) is 107 Å². The standard InChI is InChI=1S/C96H58N8/c1-98-73-51-61(60-97)50-72(53-73)63-34-36-64(37-35-63)96-99-86(59-87(100-96)71-20-17-25-77(54-71)104-91-33-15-11-29-81(91)85-58-69(43-49-95(85)104)67-41-47-93-83(56-67)79-27-9-13-31-89(79)102(93)75-23-6-3-7-24-75)70-19-16-18-65(52-70)62-38-44-76(45-39-62)103-90-32-14-10-28-80(90)84-57-68(42-48-94(84)103)66-40-46-92-82(55-66)78-26-8-12-30-88(78)101(92)74-21-4-2-5-22-74/h2-59H. The van der Waals surface area contributed by atoms with E-state index in [9.17, 15) is 5.26 Å². The minimum atomic E-state index is 0.417. The Morgan fingerprint density at radius 2 is 0.577 bits per heavy atom. The average Bonchev–Trinajstić information content (AvgIpc) is 1.60. The lowest BCUT2D eigenvalue weighted by Gasteiger charge is -2.13. The number of hydrogen-bond acceptors (Lipinski definition) is 3. The molecule has 0 spiro atoms. The van der Waals surface area contributed by atoms with E-state index in [0.717, 1.165) is 106 Å². The van der Waals surface area contributed by atoms with Gasteiger partial charge in [-0.25, -0.2) is 14.8 Å². The first-order valence-corrected chi connectivity index (χ1v) is 34.9. The lowest BCUT2D eigenvalue weighted by molar-refractivity contribution is 1.16. The smallest absolute Gasteiger partial charge is 0.189 e. The summed E-state index contributed by atoms with van der Waals surface area (Å²) in [5.41, 5.74) is 27.2. The molecule has 8 heteroatoms. The highest BCUT2D eigenvalue weighted by Crippen LogP contribution is 2.43. The molecule has 0 aliphatic heterocycles. The van der Waals surface area contributed by atoms with Crippen molar-refractivity contribution in [1.82, 2.24) is 28.2 Å². The lowest BCUT2D eigenvalue weighted by Crippen LogP contribution is -1.98. The maximum Gasteiger partial charge on any atom is 0.189 e. The summed E-state index contributed by atoms with van der Waals surface area (Å²) in [5.74, 6) is 0.565. The number of benzene rings is 15. The van der Waals surface area contributed by atoms with Crippen molar-refractivity contribution in [2.24, 2.45) is 0 Å². The molecule has 104 heavy (non-hydrogen) atoms. The van der Waals surface area contributed by atoms with E-state index in [1.165, 1.54) is 76.3 Å². The molecular weight excluding hydrogens is 1270 g/mol. The normalized spacial score (nSPS) is 11.6. The molecule has 5 aromatic heterocycles. The first-order chi connectivity index (χ1) is 51.4. The Bertz CT molecular complexity index is 6940. The highest BCUT2D eigenvalue weighted by Gasteiger charge is 2.21. The third-order valence-corrected chi connectivity index (χ3v) is 20.8. The first kappa shape index (κ1) is 59.6. The topological polar surface area (TPSA) is 73.7 Å². The van der Waals surface area contributed by atoms with Crippen LogP contribution in [0.15, 0.2) is 352 Å². The van der Waals surface area contributed by atoms with Gasteiger partial charge in [-0.15, -0.1) is 0 Å². The number of nitriles is 1. The van der Waals surface area contributed by atoms with Crippen molar-refractivity contribution in [3.05, 3.63) is 369 Å². The van der Waals surface area contributed by atoms with Crippen LogP contribution in [0.1, 0.15) is 5.56 Å². The number of aromatic nitrogens is 6. The van der Waals surface area contributed by atoms with Gasteiger partial charge in [0.25, 0.3) is 0 Å². The summed E-state index contributed by atoms with van der Waals surface area (Å²) in [7, 11) is 0. The fraction of sp³-hybridized carbons (Fsp3) is 0. The Morgan fingerprint density at radius 3 is 1.03 bits per heavy atom. The molecule has 0 bridgehead atoms. The van der Waals surface area contributed by atoms with Crippen LogP contribution in [0.5, 0.6) is 0 Å². The minimum absolute atomic E-state index is 0.417. The molecule has 0 atom stereocenters. The van der Waals surface area contributed by atoms with Crippen molar-refractivity contribution in [3.63, 3.8) is 0 Å². The summed E-state index contributed by atoms with van der Waals surface area (Å²) < 4.78 is 9.49. The van der Waals surface area contributed by atoms with Gasteiger partial charge in [-0.1, -0.05) is 200 Å². The van der Waals surface area contributed by atoms with Crippen LogP contribution in [-0.4, -0.2) is 28.2 Å². The Labute approximate surface area is 598 Å². The molecular formula is C96H58N8. The molecule has 20 aromatic rings. The van der Waals surface area contributed by atoms with Gasteiger partial charge in [0.15, 0.2) is 11.5 Å². The Hall–Kier alpha value is -14.4. The zero-order chi connectivity index (χ0) is 68.9. The first-order valence-electron chi connectivity index (χ1n) is 34.9. The van der Waals surface area contributed by atoms with Crippen LogP contribution in [0, 0.1) is 17.9 Å². The lowest BCUT2D eigenvalue weighted by atomic mass is 9.99. The summed E-state index contributed by atoms with van der Waals surface area (Å²) in [4.78, 5) is 14.5. The number of nitrogens with zero attached hydrogens (tertiary/aromatic N) is 8. The third-order valence-electron chi connectivity index (χ3n) is 20.8. The van der Waals surface area contributed by atoms with Crippen LogP contribution < -0.4 is 0 Å². The molecule has 482 valence electrons. The number of rotatable bonds is 11. The van der Waals surface area contributed by atoms with Crippen LogP contribution in [-0.2, 0) is 0 Å². The summed E-state index contributed by atoms with van der Waals surface area (Å²) in [6, 6.07) is 128. The largest absolute Gasteiger partial charge is 0.309 e. The molecule has 0 aliphatic carbocycles. The Balaban J connectivity index is 0.658. The van der Waals surface area contributed by atoms with Crippen LogP contribution in [0.2, 0.25) is 0 Å². The van der Waals surface area contributed by atoms with Crippen molar-refractivity contribution in [2.75, 3.05) is 0 Å². The maximum atomic E-state index is 9.87. The molecule has 0 unspecified atom stereocenters. The van der Waals surface area contributed by atoms with E-state index in [0.29, 0.717) is 17.1 Å². The monoisotopic (exact) mass is 1320 g/mol. The number of hydrogen-bond donors (Lipinski definition) is 0. The number of para-hydroxylation sites is 6. The van der Waals surface area contributed by atoms with Crippen LogP contribution in [0.3, 0.4) is 0 Å². The molecule has 0 saturated heterocycles. The second-order valence-electron chi connectivity index (χ2n) is 26.7. The minimum Gasteiger partial charge on any atom is -0.309 e. The van der Waals surface area contributed by atoms with Gasteiger partial charge in [0.2, 0.25) is 0 Å². The zero-order valence-electron chi connectivity index (χ0n) is 56.1. The highest BCUT2D eigenvalue weighted by molar-refractivity contribution is 6.15.